The number of benzene rings is 1. The van der Waals surface area contributed by atoms with Crippen LogP contribution in [0.3, 0.4) is 0 Å². The zero-order valence-electron chi connectivity index (χ0n) is 8.99. The van der Waals surface area contributed by atoms with Crippen LogP contribution in [0, 0.1) is 5.82 Å². The van der Waals surface area contributed by atoms with Crippen molar-refractivity contribution in [1.82, 2.24) is 5.43 Å². The van der Waals surface area contributed by atoms with Crippen LogP contribution >= 0.6 is 27.3 Å². The number of rotatable bonds is 4. The van der Waals surface area contributed by atoms with E-state index in [0.717, 1.165) is 16.5 Å². The Hall–Kier alpha value is -0.750. The molecule has 2 aromatic rings. The summed E-state index contributed by atoms with van der Waals surface area (Å²) in [4.78, 5) is 1.19. The van der Waals surface area contributed by atoms with Crippen LogP contribution in [-0.4, -0.2) is 0 Å². The van der Waals surface area contributed by atoms with Gasteiger partial charge in [0.25, 0.3) is 0 Å². The molecule has 0 saturated carbocycles. The molecule has 0 radical (unpaired) electrons. The van der Waals surface area contributed by atoms with Crippen molar-refractivity contribution in [3.63, 3.8) is 0 Å². The average Bonchev–Trinajstić information content (AvgIpc) is 2.71. The second kappa shape index (κ2) is 5.73. The van der Waals surface area contributed by atoms with E-state index >= 15 is 0 Å². The summed E-state index contributed by atoms with van der Waals surface area (Å²) in [6.07, 6.45) is 0.734. The van der Waals surface area contributed by atoms with E-state index in [2.05, 4.69) is 21.4 Å². The molecule has 0 aliphatic carbocycles. The molecule has 0 fully saturated rings. The van der Waals surface area contributed by atoms with Crippen molar-refractivity contribution in [3.8, 4) is 0 Å². The van der Waals surface area contributed by atoms with Gasteiger partial charge in [-0.2, -0.15) is 0 Å². The van der Waals surface area contributed by atoms with Gasteiger partial charge in [-0.05, 0) is 45.1 Å². The van der Waals surface area contributed by atoms with Gasteiger partial charge in [-0.15, -0.1) is 11.3 Å². The number of nitrogens with two attached hydrogens (primary N) is 1. The lowest BCUT2D eigenvalue weighted by atomic mass is 10.0. The van der Waals surface area contributed by atoms with E-state index in [1.165, 1.54) is 17.0 Å². The maximum absolute atomic E-state index is 13.1. The van der Waals surface area contributed by atoms with Crippen molar-refractivity contribution in [2.24, 2.45) is 5.84 Å². The molecule has 5 heteroatoms. The number of halogens is 2. The van der Waals surface area contributed by atoms with Crippen molar-refractivity contribution in [1.29, 1.82) is 0 Å². The van der Waals surface area contributed by atoms with E-state index < -0.39 is 0 Å². The van der Waals surface area contributed by atoms with Crippen LogP contribution in [0.4, 0.5) is 4.39 Å². The first-order valence-corrected chi connectivity index (χ1v) is 6.81. The highest BCUT2D eigenvalue weighted by Gasteiger charge is 2.13. The van der Waals surface area contributed by atoms with Crippen LogP contribution in [0.1, 0.15) is 16.5 Å². The lowest BCUT2D eigenvalue weighted by Gasteiger charge is -2.15. The van der Waals surface area contributed by atoms with Gasteiger partial charge in [-0.1, -0.05) is 12.1 Å². The van der Waals surface area contributed by atoms with Gasteiger partial charge in [0, 0.05) is 15.8 Å². The lowest BCUT2D eigenvalue weighted by Crippen LogP contribution is -2.29. The predicted molar refractivity (Wildman–Crippen MR) is 72.2 cm³/mol. The zero-order chi connectivity index (χ0) is 12.3. The molecule has 17 heavy (non-hydrogen) atoms. The Morgan fingerprint density at radius 1 is 1.41 bits per heavy atom. The molecule has 0 bridgehead atoms. The van der Waals surface area contributed by atoms with Crippen molar-refractivity contribution in [2.75, 3.05) is 0 Å². The van der Waals surface area contributed by atoms with Crippen LogP contribution in [0.25, 0.3) is 0 Å². The Labute approximate surface area is 112 Å². The Balaban J connectivity index is 2.20. The molecule has 1 heterocycles. The van der Waals surface area contributed by atoms with E-state index in [0.29, 0.717) is 0 Å². The number of hydrogen-bond donors (Lipinski definition) is 2. The van der Waals surface area contributed by atoms with Crippen LogP contribution in [-0.2, 0) is 6.42 Å². The van der Waals surface area contributed by atoms with Gasteiger partial charge in [0.1, 0.15) is 5.82 Å². The van der Waals surface area contributed by atoms with Crippen molar-refractivity contribution >= 4 is 27.3 Å². The van der Waals surface area contributed by atoms with Crippen molar-refractivity contribution in [2.45, 2.75) is 12.5 Å². The molecule has 0 saturated heterocycles. The van der Waals surface area contributed by atoms with Gasteiger partial charge in [0.05, 0.1) is 6.04 Å². The normalized spacial score (nSPS) is 12.6. The lowest BCUT2D eigenvalue weighted by molar-refractivity contribution is 0.547. The molecule has 0 amide bonds. The molecule has 1 unspecified atom stereocenters. The van der Waals surface area contributed by atoms with Crippen LogP contribution in [0.15, 0.2) is 40.2 Å². The number of hydrogen-bond acceptors (Lipinski definition) is 3. The highest BCUT2D eigenvalue weighted by atomic mass is 79.9. The van der Waals surface area contributed by atoms with Gasteiger partial charge in [0.15, 0.2) is 0 Å². The Kier molecular flexibility index (Phi) is 4.28. The molecule has 0 aliphatic rings. The van der Waals surface area contributed by atoms with E-state index in [1.54, 1.807) is 17.4 Å². The fourth-order valence-electron chi connectivity index (χ4n) is 1.65. The zero-order valence-corrected chi connectivity index (χ0v) is 11.4. The maximum atomic E-state index is 13.1. The Morgan fingerprint density at radius 2 is 2.24 bits per heavy atom. The van der Waals surface area contributed by atoms with Gasteiger partial charge >= 0.3 is 0 Å². The fourth-order valence-corrected chi connectivity index (χ4v) is 3.21. The van der Waals surface area contributed by atoms with Gasteiger partial charge in [-0.25, -0.2) is 4.39 Å². The minimum absolute atomic E-state index is 0.0827. The molecule has 1 aromatic carbocycles. The summed E-state index contributed by atoms with van der Waals surface area (Å²) in [6.45, 7) is 0. The highest BCUT2D eigenvalue weighted by Crippen LogP contribution is 2.28. The summed E-state index contributed by atoms with van der Waals surface area (Å²) in [5.74, 6) is 5.30. The molecule has 90 valence electrons. The van der Waals surface area contributed by atoms with E-state index in [4.69, 9.17) is 5.84 Å². The summed E-state index contributed by atoms with van der Waals surface area (Å²) >= 11 is 5.13. The molecule has 0 spiro atoms. The SMILES string of the molecule is NNC(Cc1sccc1Br)c1cccc(F)c1. The Morgan fingerprint density at radius 3 is 2.82 bits per heavy atom. The van der Waals surface area contributed by atoms with Crippen LogP contribution < -0.4 is 11.3 Å². The summed E-state index contributed by atoms with van der Waals surface area (Å²) in [7, 11) is 0. The minimum atomic E-state index is -0.243. The summed E-state index contributed by atoms with van der Waals surface area (Å²) < 4.78 is 14.2. The monoisotopic (exact) mass is 314 g/mol. The minimum Gasteiger partial charge on any atom is -0.271 e. The third-order valence-corrected chi connectivity index (χ3v) is 4.48. The van der Waals surface area contributed by atoms with E-state index in [9.17, 15) is 4.39 Å². The number of nitrogens with one attached hydrogen (secondary N) is 1. The molecule has 1 aromatic heterocycles. The molecule has 2 nitrogen and oxygen atoms in total. The van der Waals surface area contributed by atoms with Gasteiger partial charge in [-0.3, -0.25) is 11.3 Å². The van der Waals surface area contributed by atoms with Crippen LogP contribution in [0.5, 0.6) is 0 Å². The maximum Gasteiger partial charge on any atom is 0.123 e. The highest BCUT2D eigenvalue weighted by molar-refractivity contribution is 9.10. The first-order chi connectivity index (χ1) is 8.20. The third-order valence-electron chi connectivity index (χ3n) is 2.53. The van der Waals surface area contributed by atoms with E-state index in [-0.39, 0.29) is 11.9 Å². The first kappa shape index (κ1) is 12.7. The topological polar surface area (TPSA) is 38.0 Å². The largest absolute Gasteiger partial charge is 0.271 e. The second-order valence-corrected chi connectivity index (χ2v) is 5.53. The van der Waals surface area contributed by atoms with Crippen molar-refractivity contribution < 1.29 is 4.39 Å². The van der Waals surface area contributed by atoms with Crippen LogP contribution in [0.2, 0.25) is 0 Å². The summed E-state index contributed by atoms with van der Waals surface area (Å²) in [5.41, 5.74) is 3.58. The smallest absolute Gasteiger partial charge is 0.123 e. The molecule has 0 aliphatic heterocycles. The third kappa shape index (κ3) is 3.13. The van der Waals surface area contributed by atoms with E-state index in [1.807, 2.05) is 17.5 Å². The number of thiophene rings is 1. The summed E-state index contributed by atoms with van der Waals surface area (Å²) in [5, 5.41) is 2.01. The second-order valence-electron chi connectivity index (χ2n) is 3.67. The van der Waals surface area contributed by atoms with Crippen molar-refractivity contribution in [3.05, 3.63) is 56.4 Å². The first-order valence-electron chi connectivity index (χ1n) is 5.14. The average molecular weight is 315 g/mol. The molecule has 3 N–H and O–H groups in total. The summed E-state index contributed by atoms with van der Waals surface area (Å²) in [6, 6.07) is 8.41. The predicted octanol–water partition coefficient (Wildman–Crippen LogP) is 3.40. The quantitative estimate of drug-likeness (QED) is 0.670. The fraction of sp³-hybridized carbons (Fsp3) is 0.167. The molecule has 2 rings (SSSR count). The molecular formula is C12H12BrFN2S. The number of hydrazine groups is 1. The molecule has 1 atom stereocenters. The Bertz CT molecular complexity index is 501. The standard InChI is InChI=1S/C12H12BrFN2S/c13-10-4-5-17-12(10)7-11(16-15)8-2-1-3-9(14)6-8/h1-6,11,16H,7,15H2. The van der Waals surface area contributed by atoms with Gasteiger partial charge in [0.2, 0.25) is 0 Å². The molecular weight excluding hydrogens is 303 g/mol. The van der Waals surface area contributed by atoms with Gasteiger partial charge < -0.3 is 0 Å².